The van der Waals surface area contributed by atoms with E-state index in [1.165, 1.54) is 6.07 Å². The molecule has 98 valence electrons. The smallest absolute Gasteiger partial charge is 0.254 e. The zero-order valence-electron chi connectivity index (χ0n) is 10.6. The van der Waals surface area contributed by atoms with Crippen LogP contribution in [-0.4, -0.2) is 53.3 Å². The highest BCUT2D eigenvalue weighted by Crippen LogP contribution is 2.19. The summed E-state index contributed by atoms with van der Waals surface area (Å²) in [5.74, 6) is 0.00882. The van der Waals surface area contributed by atoms with Crippen LogP contribution in [0.25, 0.3) is 0 Å². The monoisotopic (exact) mass is 250 g/mol. The Labute approximate surface area is 106 Å². The molecule has 0 saturated carbocycles. The minimum Gasteiger partial charge on any atom is -0.508 e. The molecular formula is C13H18N2O3. The molecule has 5 nitrogen and oxygen atoms in total. The number of hydrogen-bond donors (Lipinski definition) is 3. The highest BCUT2D eigenvalue weighted by atomic mass is 16.3. The van der Waals surface area contributed by atoms with E-state index in [4.69, 9.17) is 0 Å². The molecule has 1 amide bonds. The molecule has 2 rings (SSSR count). The number of benzene rings is 1. The summed E-state index contributed by atoms with van der Waals surface area (Å²) in [6.07, 6.45) is -0.531. The van der Waals surface area contributed by atoms with Crippen LogP contribution >= 0.6 is 0 Å². The highest BCUT2D eigenvalue weighted by Gasteiger charge is 2.31. The zero-order valence-corrected chi connectivity index (χ0v) is 10.6. The first-order valence-electron chi connectivity index (χ1n) is 5.96. The molecule has 0 aromatic heterocycles. The van der Waals surface area contributed by atoms with E-state index in [0.29, 0.717) is 18.7 Å². The molecular weight excluding hydrogens is 232 g/mol. The van der Waals surface area contributed by atoms with Gasteiger partial charge in [-0.1, -0.05) is 0 Å². The number of β-amino-alcohol motifs (C(OH)–C–C–N with tert-alkyl or cyclic N) is 1. The lowest BCUT2D eigenvalue weighted by Gasteiger charge is -2.27. The molecule has 3 N–H and O–H groups in total. The minimum atomic E-state index is -0.531. The second kappa shape index (κ2) is 4.96. The summed E-state index contributed by atoms with van der Waals surface area (Å²) in [5.41, 5.74) is 1.28. The van der Waals surface area contributed by atoms with Crippen molar-refractivity contribution in [3.8, 4) is 5.75 Å². The van der Waals surface area contributed by atoms with Crippen LogP contribution in [0, 0.1) is 6.92 Å². The average molecular weight is 250 g/mol. The van der Waals surface area contributed by atoms with Gasteiger partial charge in [-0.2, -0.15) is 0 Å². The van der Waals surface area contributed by atoms with Gasteiger partial charge in [0.15, 0.2) is 0 Å². The second-order valence-corrected chi connectivity index (χ2v) is 4.71. The van der Waals surface area contributed by atoms with Crippen LogP contribution in [-0.2, 0) is 0 Å². The van der Waals surface area contributed by atoms with Gasteiger partial charge in [0.05, 0.1) is 12.1 Å². The maximum Gasteiger partial charge on any atom is 0.254 e. The summed E-state index contributed by atoms with van der Waals surface area (Å²) >= 11 is 0. The third kappa shape index (κ3) is 2.32. The predicted octanol–water partition coefficient (Wildman–Crippen LogP) is 0.105. The number of nitrogens with zero attached hydrogens (tertiary/aromatic N) is 1. The summed E-state index contributed by atoms with van der Waals surface area (Å²) in [7, 11) is 1.69. The number of aliphatic hydroxyl groups is 1. The Bertz CT molecular complexity index is 462. The summed E-state index contributed by atoms with van der Waals surface area (Å²) in [6.45, 7) is 2.89. The first-order valence-corrected chi connectivity index (χ1v) is 5.96. The molecule has 1 saturated heterocycles. The number of amides is 1. The van der Waals surface area contributed by atoms with Crippen molar-refractivity contribution in [2.75, 3.05) is 20.1 Å². The van der Waals surface area contributed by atoms with Gasteiger partial charge < -0.3 is 20.4 Å². The van der Waals surface area contributed by atoms with Crippen LogP contribution in [0.5, 0.6) is 5.75 Å². The Balaban J connectivity index is 2.20. The van der Waals surface area contributed by atoms with E-state index in [0.717, 1.165) is 5.56 Å². The molecule has 1 aromatic carbocycles. The van der Waals surface area contributed by atoms with E-state index in [1.54, 1.807) is 31.0 Å². The van der Waals surface area contributed by atoms with Crippen molar-refractivity contribution in [2.45, 2.75) is 19.1 Å². The Morgan fingerprint density at radius 1 is 1.44 bits per heavy atom. The summed E-state index contributed by atoms with van der Waals surface area (Å²) in [5, 5.41) is 22.2. The molecule has 1 aliphatic rings. The van der Waals surface area contributed by atoms with E-state index >= 15 is 0 Å². The van der Waals surface area contributed by atoms with Crippen LogP contribution in [0.4, 0.5) is 0 Å². The number of aromatic hydroxyl groups is 1. The Morgan fingerprint density at radius 2 is 2.17 bits per heavy atom. The van der Waals surface area contributed by atoms with Gasteiger partial charge in [-0.15, -0.1) is 0 Å². The third-order valence-electron chi connectivity index (χ3n) is 3.41. The standard InChI is InChI=1S/C13H18N2O3/c1-8-5-9(16)3-4-10(8)13(18)15(2)11-6-14-7-12(11)17/h3-5,11-12,14,16-17H,6-7H2,1-2H3/t11-,12-/m1/s1. The van der Waals surface area contributed by atoms with Crippen molar-refractivity contribution in [3.05, 3.63) is 29.3 Å². The topological polar surface area (TPSA) is 72.8 Å². The molecule has 18 heavy (non-hydrogen) atoms. The second-order valence-electron chi connectivity index (χ2n) is 4.71. The Morgan fingerprint density at radius 3 is 2.72 bits per heavy atom. The SMILES string of the molecule is Cc1cc(O)ccc1C(=O)N(C)[C@@H]1CNC[C@H]1O. The number of carbonyl (C=O) groups is 1. The lowest BCUT2D eigenvalue weighted by Crippen LogP contribution is -2.44. The molecule has 2 atom stereocenters. The van der Waals surface area contributed by atoms with Crippen molar-refractivity contribution >= 4 is 5.91 Å². The van der Waals surface area contributed by atoms with Crippen LogP contribution in [0.3, 0.4) is 0 Å². The van der Waals surface area contributed by atoms with Gasteiger partial charge >= 0.3 is 0 Å². The maximum atomic E-state index is 12.3. The lowest BCUT2D eigenvalue weighted by atomic mass is 10.1. The Hall–Kier alpha value is -1.59. The number of rotatable bonds is 2. The molecule has 1 aromatic rings. The van der Waals surface area contributed by atoms with Gasteiger partial charge in [-0.3, -0.25) is 4.79 Å². The zero-order chi connectivity index (χ0) is 13.3. The maximum absolute atomic E-state index is 12.3. The first-order chi connectivity index (χ1) is 8.50. The van der Waals surface area contributed by atoms with Crippen LogP contribution in [0.15, 0.2) is 18.2 Å². The fraction of sp³-hybridized carbons (Fsp3) is 0.462. The first kappa shape index (κ1) is 12.9. The van der Waals surface area contributed by atoms with Crippen molar-refractivity contribution in [1.82, 2.24) is 10.2 Å². The molecule has 0 spiro atoms. The number of phenolic OH excluding ortho intramolecular Hbond substituents is 1. The van der Waals surface area contributed by atoms with Gasteiger partial charge in [0.25, 0.3) is 5.91 Å². The molecule has 5 heteroatoms. The molecule has 0 radical (unpaired) electrons. The van der Waals surface area contributed by atoms with Crippen molar-refractivity contribution in [2.24, 2.45) is 0 Å². The summed E-state index contributed by atoms with van der Waals surface area (Å²) < 4.78 is 0. The minimum absolute atomic E-state index is 0.139. The fourth-order valence-electron chi connectivity index (χ4n) is 2.27. The van der Waals surface area contributed by atoms with E-state index in [2.05, 4.69) is 5.32 Å². The van der Waals surface area contributed by atoms with Crippen LogP contribution in [0.1, 0.15) is 15.9 Å². The number of carbonyl (C=O) groups excluding carboxylic acids is 1. The fourth-order valence-corrected chi connectivity index (χ4v) is 2.27. The largest absolute Gasteiger partial charge is 0.508 e. The number of aryl methyl sites for hydroxylation is 1. The lowest BCUT2D eigenvalue weighted by molar-refractivity contribution is 0.0580. The van der Waals surface area contributed by atoms with Crippen LogP contribution in [0.2, 0.25) is 0 Å². The highest BCUT2D eigenvalue weighted by molar-refractivity contribution is 5.95. The van der Waals surface area contributed by atoms with Crippen molar-refractivity contribution in [1.29, 1.82) is 0 Å². The molecule has 1 aliphatic heterocycles. The average Bonchev–Trinajstić information content (AvgIpc) is 2.74. The number of hydrogen-bond acceptors (Lipinski definition) is 4. The van der Waals surface area contributed by atoms with Gasteiger partial charge in [-0.05, 0) is 30.7 Å². The van der Waals surface area contributed by atoms with Gasteiger partial charge in [0.1, 0.15) is 5.75 Å². The predicted molar refractivity (Wildman–Crippen MR) is 67.6 cm³/mol. The number of aliphatic hydroxyl groups excluding tert-OH is 1. The van der Waals surface area contributed by atoms with Gasteiger partial charge in [0, 0.05) is 25.7 Å². The summed E-state index contributed by atoms with van der Waals surface area (Å²) in [4.78, 5) is 13.9. The van der Waals surface area contributed by atoms with E-state index in [-0.39, 0.29) is 17.7 Å². The van der Waals surface area contributed by atoms with E-state index < -0.39 is 6.10 Å². The van der Waals surface area contributed by atoms with E-state index in [1.807, 2.05) is 0 Å². The number of nitrogens with one attached hydrogen (secondary N) is 1. The normalized spacial score (nSPS) is 23.1. The summed E-state index contributed by atoms with van der Waals surface area (Å²) in [6, 6.07) is 4.46. The Kier molecular flexibility index (Phi) is 3.54. The number of likely N-dealkylation sites (N-methyl/N-ethyl adjacent to an activating group) is 1. The molecule has 1 heterocycles. The number of phenols is 1. The van der Waals surface area contributed by atoms with Crippen molar-refractivity contribution in [3.63, 3.8) is 0 Å². The molecule has 0 bridgehead atoms. The molecule has 0 unspecified atom stereocenters. The quantitative estimate of drug-likeness (QED) is 0.696. The van der Waals surface area contributed by atoms with Gasteiger partial charge in [-0.25, -0.2) is 0 Å². The molecule has 1 fully saturated rings. The van der Waals surface area contributed by atoms with Crippen molar-refractivity contribution < 1.29 is 15.0 Å². The van der Waals surface area contributed by atoms with E-state index in [9.17, 15) is 15.0 Å². The molecule has 0 aliphatic carbocycles. The van der Waals surface area contributed by atoms with Crippen LogP contribution < -0.4 is 5.32 Å². The van der Waals surface area contributed by atoms with Gasteiger partial charge in [0.2, 0.25) is 0 Å². The third-order valence-corrected chi connectivity index (χ3v) is 3.41.